The zero-order chi connectivity index (χ0) is 31.4. The van der Waals surface area contributed by atoms with Gasteiger partial charge in [-0.2, -0.15) is 0 Å². The molecule has 0 saturated carbocycles. The Balaban J connectivity index is 1.35. The summed E-state index contributed by atoms with van der Waals surface area (Å²) < 4.78 is 2.29. The molecule has 0 radical (unpaired) electrons. The van der Waals surface area contributed by atoms with Crippen LogP contribution >= 0.6 is 0 Å². The van der Waals surface area contributed by atoms with Crippen LogP contribution in [0.2, 0.25) is 0 Å². The number of carbonyl (C=O) groups excluding carboxylic acids is 2. The molecule has 0 fully saturated rings. The molecule has 5 rings (SSSR count). The molecule has 4 aromatic carbocycles. The molecule has 0 bridgehead atoms. The lowest BCUT2D eigenvalue weighted by atomic mass is 9.98. The molecule has 1 atom stereocenters. The lowest BCUT2D eigenvalue weighted by molar-refractivity contribution is 0.0934. The minimum Gasteiger partial charge on any atom is -0.395 e. The predicted molar refractivity (Wildman–Crippen MR) is 178 cm³/mol. The van der Waals surface area contributed by atoms with Crippen LogP contribution in [0.15, 0.2) is 91.0 Å². The summed E-state index contributed by atoms with van der Waals surface area (Å²) in [4.78, 5) is 25.9. The third-order valence-electron chi connectivity index (χ3n) is 8.50. The highest BCUT2D eigenvalue weighted by molar-refractivity contribution is 6.01. The summed E-state index contributed by atoms with van der Waals surface area (Å²) in [6.45, 7) is 11.4. The largest absolute Gasteiger partial charge is 0.395 e. The molecule has 1 aromatic heterocycles. The maximum Gasteiger partial charge on any atom is 0.251 e. The van der Waals surface area contributed by atoms with Crippen LogP contribution in [0.1, 0.15) is 81.4 Å². The third kappa shape index (κ3) is 6.46. The second-order valence-corrected chi connectivity index (χ2v) is 11.8. The molecule has 226 valence electrons. The first kappa shape index (κ1) is 30.8. The molecule has 1 heterocycles. The van der Waals surface area contributed by atoms with Gasteiger partial charge in [0, 0.05) is 40.8 Å². The summed E-state index contributed by atoms with van der Waals surface area (Å²) in [5.74, 6) is 0.146. The number of aliphatic hydroxyl groups is 1. The first-order chi connectivity index (χ1) is 21.2. The van der Waals surface area contributed by atoms with Crippen molar-refractivity contribution in [3.63, 3.8) is 0 Å². The molecule has 0 saturated heterocycles. The van der Waals surface area contributed by atoms with Gasteiger partial charge in [0.1, 0.15) is 0 Å². The summed E-state index contributed by atoms with van der Waals surface area (Å²) in [6, 6.07) is 30.0. The van der Waals surface area contributed by atoms with Gasteiger partial charge in [-0.1, -0.05) is 80.6 Å². The van der Waals surface area contributed by atoms with Crippen molar-refractivity contribution in [1.29, 1.82) is 0 Å². The number of amides is 2. The second-order valence-electron chi connectivity index (χ2n) is 11.8. The number of hydrogen-bond acceptors (Lipinski definition) is 3. The van der Waals surface area contributed by atoms with Crippen molar-refractivity contribution in [2.45, 2.75) is 53.1 Å². The van der Waals surface area contributed by atoms with Gasteiger partial charge in [-0.15, -0.1) is 0 Å². The van der Waals surface area contributed by atoms with Crippen molar-refractivity contribution in [3.05, 3.63) is 130 Å². The van der Waals surface area contributed by atoms with Gasteiger partial charge in [-0.25, -0.2) is 0 Å². The first-order valence-corrected chi connectivity index (χ1v) is 15.3. The number of aromatic nitrogens is 1. The molecule has 44 heavy (non-hydrogen) atoms. The normalized spacial score (nSPS) is 12.0. The monoisotopic (exact) mass is 587 g/mol. The van der Waals surface area contributed by atoms with E-state index < -0.39 is 0 Å². The Labute approximate surface area is 259 Å². The molecule has 0 spiro atoms. The average molecular weight is 588 g/mol. The second kappa shape index (κ2) is 13.3. The van der Waals surface area contributed by atoms with E-state index in [1.807, 2.05) is 55.5 Å². The van der Waals surface area contributed by atoms with Crippen LogP contribution in [0.25, 0.3) is 22.0 Å². The van der Waals surface area contributed by atoms with Gasteiger partial charge in [-0.05, 0) is 84.3 Å². The Kier molecular flexibility index (Phi) is 9.31. The van der Waals surface area contributed by atoms with Crippen LogP contribution in [-0.2, 0) is 6.54 Å². The van der Waals surface area contributed by atoms with E-state index in [9.17, 15) is 9.59 Å². The maximum atomic E-state index is 13.3. The van der Waals surface area contributed by atoms with Gasteiger partial charge >= 0.3 is 0 Å². The Morgan fingerprint density at radius 2 is 1.55 bits per heavy atom. The number of nitrogens with zero attached hydrogens (tertiary/aromatic N) is 1. The van der Waals surface area contributed by atoms with Crippen LogP contribution < -0.4 is 10.6 Å². The van der Waals surface area contributed by atoms with Crippen LogP contribution in [-0.4, -0.2) is 34.6 Å². The molecule has 6 heteroatoms. The van der Waals surface area contributed by atoms with E-state index in [2.05, 4.69) is 79.3 Å². The lowest BCUT2D eigenvalue weighted by Gasteiger charge is -2.16. The first-order valence-electron chi connectivity index (χ1n) is 15.3. The highest BCUT2D eigenvalue weighted by atomic mass is 16.3. The van der Waals surface area contributed by atoms with E-state index >= 15 is 0 Å². The van der Waals surface area contributed by atoms with E-state index in [4.69, 9.17) is 5.11 Å². The summed E-state index contributed by atoms with van der Waals surface area (Å²) in [6.07, 6.45) is 0. The number of fused-ring (bicyclic) bond motifs is 1. The van der Waals surface area contributed by atoms with Crippen molar-refractivity contribution in [2.24, 2.45) is 0 Å². The summed E-state index contributed by atoms with van der Waals surface area (Å²) in [5, 5.41) is 16.1. The van der Waals surface area contributed by atoms with Crippen LogP contribution in [0.4, 0.5) is 0 Å². The number of aryl methyl sites for hydroxylation is 1. The Morgan fingerprint density at radius 1 is 0.818 bits per heavy atom. The fourth-order valence-electron chi connectivity index (χ4n) is 5.72. The van der Waals surface area contributed by atoms with Gasteiger partial charge < -0.3 is 20.3 Å². The van der Waals surface area contributed by atoms with Crippen LogP contribution in [0.3, 0.4) is 0 Å². The zero-order valence-electron chi connectivity index (χ0n) is 26.1. The minimum atomic E-state index is -0.202. The van der Waals surface area contributed by atoms with Gasteiger partial charge in [-0.3, -0.25) is 9.59 Å². The standard InChI is InChI=1S/C38H41N3O3/c1-24(2)30-9-8-10-31(21-30)26(4)40-37(43)32-17-18-36-35(22-32)25(3)27(5)41(36)23-28-13-15-29(16-14-28)33-11-6-7-12-34(33)38(44)39-19-20-42/h6-18,21-22,24,26,42H,19-20,23H2,1-5H3,(H,39,44)(H,40,43)/t26-/m0/s1. The van der Waals surface area contributed by atoms with Crippen LogP contribution in [0, 0.1) is 13.8 Å². The van der Waals surface area contributed by atoms with E-state index in [0.29, 0.717) is 23.6 Å². The van der Waals surface area contributed by atoms with Gasteiger partial charge in [0.15, 0.2) is 0 Å². The topological polar surface area (TPSA) is 83.4 Å². The van der Waals surface area contributed by atoms with Crippen molar-refractivity contribution in [1.82, 2.24) is 15.2 Å². The molecule has 0 aliphatic rings. The van der Waals surface area contributed by atoms with Crippen LogP contribution in [0.5, 0.6) is 0 Å². The molecule has 0 aliphatic carbocycles. The summed E-state index contributed by atoms with van der Waals surface area (Å²) >= 11 is 0. The highest BCUT2D eigenvalue weighted by Gasteiger charge is 2.17. The quantitative estimate of drug-likeness (QED) is 0.160. The number of carbonyl (C=O) groups is 2. The number of nitrogens with one attached hydrogen (secondary N) is 2. The zero-order valence-corrected chi connectivity index (χ0v) is 26.1. The average Bonchev–Trinajstić information content (AvgIpc) is 3.28. The summed E-state index contributed by atoms with van der Waals surface area (Å²) in [5.41, 5.74) is 9.93. The fourth-order valence-corrected chi connectivity index (χ4v) is 5.72. The molecule has 0 aliphatic heterocycles. The van der Waals surface area contributed by atoms with Gasteiger partial charge in [0.25, 0.3) is 11.8 Å². The molecule has 2 amide bonds. The van der Waals surface area contributed by atoms with E-state index in [-0.39, 0.29) is 31.0 Å². The van der Waals surface area contributed by atoms with Crippen molar-refractivity contribution in [3.8, 4) is 11.1 Å². The fraction of sp³-hybridized carbons (Fsp3) is 0.263. The molecule has 0 unspecified atom stereocenters. The Bertz CT molecular complexity index is 1800. The van der Waals surface area contributed by atoms with Gasteiger partial charge in [0.05, 0.1) is 12.6 Å². The third-order valence-corrected chi connectivity index (χ3v) is 8.50. The lowest BCUT2D eigenvalue weighted by Crippen LogP contribution is -2.26. The number of hydrogen-bond donors (Lipinski definition) is 3. The Hall–Kier alpha value is -4.68. The molecular weight excluding hydrogens is 546 g/mol. The molecule has 3 N–H and O–H groups in total. The van der Waals surface area contributed by atoms with Crippen molar-refractivity contribution >= 4 is 22.7 Å². The van der Waals surface area contributed by atoms with E-state index in [1.54, 1.807) is 6.07 Å². The number of aliphatic hydroxyl groups excluding tert-OH is 1. The van der Waals surface area contributed by atoms with Crippen molar-refractivity contribution < 1.29 is 14.7 Å². The summed E-state index contributed by atoms with van der Waals surface area (Å²) in [7, 11) is 0. The van der Waals surface area contributed by atoms with E-state index in [0.717, 1.165) is 44.4 Å². The smallest absolute Gasteiger partial charge is 0.251 e. The number of benzene rings is 4. The Morgan fingerprint density at radius 3 is 2.27 bits per heavy atom. The minimum absolute atomic E-state index is 0.0833. The number of rotatable bonds is 10. The predicted octanol–water partition coefficient (Wildman–Crippen LogP) is 7.31. The molecule has 6 nitrogen and oxygen atoms in total. The maximum absolute atomic E-state index is 13.3. The SMILES string of the molecule is Cc1c(C)n(Cc2ccc(-c3ccccc3C(=O)NCCO)cc2)c2ccc(C(=O)N[C@@H](C)c3cccc(C(C)C)c3)cc12. The molecular formula is C38H41N3O3. The van der Waals surface area contributed by atoms with Crippen molar-refractivity contribution in [2.75, 3.05) is 13.2 Å². The van der Waals surface area contributed by atoms with Gasteiger partial charge in [0.2, 0.25) is 0 Å². The highest BCUT2D eigenvalue weighted by Crippen LogP contribution is 2.29. The molecule has 5 aromatic rings. The van der Waals surface area contributed by atoms with E-state index in [1.165, 1.54) is 5.56 Å².